The molecule has 2 aromatic carbocycles. The van der Waals surface area contributed by atoms with E-state index < -0.39 is 6.04 Å². The quantitative estimate of drug-likeness (QED) is 0.763. The SMILES string of the molecule is CCC(C(=O)Nc1ccc(Cl)cc1Cl)n1nnc2ccccc21. The first kappa shape index (κ1) is 15.8. The smallest absolute Gasteiger partial charge is 0.249 e. The number of carbonyl (C=O) groups is 1. The van der Waals surface area contributed by atoms with E-state index in [0.717, 1.165) is 11.0 Å². The van der Waals surface area contributed by atoms with Gasteiger partial charge in [0.25, 0.3) is 0 Å². The summed E-state index contributed by atoms with van der Waals surface area (Å²) in [6.07, 6.45) is 0.574. The molecule has 118 valence electrons. The molecule has 0 bridgehead atoms. The van der Waals surface area contributed by atoms with Crippen molar-refractivity contribution < 1.29 is 4.79 Å². The first-order valence-electron chi connectivity index (χ1n) is 7.16. The molecular weight excluding hydrogens is 335 g/mol. The number of fused-ring (bicyclic) bond motifs is 1. The predicted molar refractivity (Wildman–Crippen MR) is 91.9 cm³/mol. The summed E-state index contributed by atoms with van der Waals surface area (Å²) >= 11 is 12.0. The molecule has 0 spiro atoms. The van der Waals surface area contributed by atoms with Crippen molar-refractivity contribution in [3.05, 3.63) is 52.5 Å². The monoisotopic (exact) mass is 348 g/mol. The molecule has 1 unspecified atom stereocenters. The van der Waals surface area contributed by atoms with Crippen LogP contribution in [-0.2, 0) is 4.79 Å². The molecule has 0 aliphatic carbocycles. The highest BCUT2D eigenvalue weighted by Gasteiger charge is 2.22. The summed E-state index contributed by atoms with van der Waals surface area (Å²) in [4.78, 5) is 12.6. The Labute approximate surface area is 143 Å². The maximum atomic E-state index is 12.6. The fraction of sp³-hybridized carbons (Fsp3) is 0.188. The van der Waals surface area contributed by atoms with Crippen LogP contribution in [0.2, 0.25) is 10.0 Å². The fourth-order valence-corrected chi connectivity index (χ4v) is 2.85. The Hall–Kier alpha value is -2.11. The number of hydrogen-bond donors (Lipinski definition) is 1. The maximum absolute atomic E-state index is 12.6. The number of halogens is 2. The Morgan fingerprint density at radius 3 is 2.78 bits per heavy atom. The summed E-state index contributed by atoms with van der Waals surface area (Å²) in [5, 5.41) is 11.9. The molecule has 5 nitrogen and oxygen atoms in total. The van der Waals surface area contributed by atoms with E-state index in [1.54, 1.807) is 22.9 Å². The summed E-state index contributed by atoms with van der Waals surface area (Å²) in [6.45, 7) is 1.92. The standard InChI is InChI=1S/C16H14Cl2N4O/c1-2-14(22-15-6-4-3-5-13(15)20-21-22)16(23)19-12-8-7-10(17)9-11(12)18/h3-9,14H,2H2,1H3,(H,19,23). The van der Waals surface area contributed by atoms with Gasteiger partial charge < -0.3 is 5.32 Å². The van der Waals surface area contributed by atoms with Gasteiger partial charge in [-0.3, -0.25) is 4.79 Å². The molecule has 1 heterocycles. The minimum atomic E-state index is -0.478. The molecule has 0 radical (unpaired) electrons. The van der Waals surface area contributed by atoms with Crippen molar-refractivity contribution in [1.29, 1.82) is 0 Å². The van der Waals surface area contributed by atoms with E-state index in [-0.39, 0.29) is 5.91 Å². The van der Waals surface area contributed by atoms with Crippen LogP contribution in [0.3, 0.4) is 0 Å². The average molecular weight is 349 g/mol. The molecule has 7 heteroatoms. The van der Waals surface area contributed by atoms with Gasteiger partial charge in [0.2, 0.25) is 5.91 Å². The van der Waals surface area contributed by atoms with E-state index in [1.165, 1.54) is 0 Å². The normalized spacial score (nSPS) is 12.3. The summed E-state index contributed by atoms with van der Waals surface area (Å²) in [5.41, 5.74) is 2.09. The summed E-state index contributed by atoms with van der Waals surface area (Å²) < 4.78 is 1.63. The van der Waals surface area contributed by atoms with E-state index in [1.807, 2.05) is 31.2 Å². The van der Waals surface area contributed by atoms with E-state index in [2.05, 4.69) is 15.6 Å². The second-order valence-corrected chi connectivity index (χ2v) is 5.90. The zero-order chi connectivity index (χ0) is 16.4. The van der Waals surface area contributed by atoms with Gasteiger partial charge in [-0.2, -0.15) is 0 Å². The topological polar surface area (TPSA) is 59.8 Å². The van der Waals surface area contributed by atoms with Crippen molar-refractivity contribution >= 4 is 45.8 Å². The largest absolute Gasteiger partial charge is 0.323 e. The van der Waals surface area contributed by atoms with Crippen LogP contribution in [0.25, 0.3) is 11.0 Å². The molecule has 0 saturated heterocycles. The number of amides is 1. The number of nitrogens with one attached hydrogen (secondary N) is 1. The molecule has 0 aliphatic heterocycles. The molecule has 0 fully saturated rings. The van der Waals surface area contributed by atoms with Crippen LogP contribution >= 0.6 is 23.2 Å². The van der Waals surface area contributed by atoms with E-state index in [4.69, 9.17) is 23.2 Å². The van der Waals surface area contributed by atoms with Crippen molar-refractivity contribution in [1.82, 2.24) is 15.0 Å². The van der Waals surface area contributed by atoms with Gasteiger partial charge in [-0.25, -0.2) is 4.68 Å². The van der Waals surface area contributed by atoms with Gasteiger partial charge in [-0.1, -0.05) is 47.5 Å². The minimum absolute atomic E-state index is 0.202. The summed E-state index contributed by atoms with van der Waals surface area (Å²) in [7, 11) is 0. The van der Waals surface area contributed by atoms with Crippen LogP contribution in [0.4, 0.5) is 5.69 Å². The van der Waals surface area contributed by atoms with Gasteiger partial charge in [0.1, 0.15) is 11.6 Å². The number of para-hydroxylation sites is 1. The van der Waals surface area contributed by atoms with Crippen molar-refractivity contribution in [2.24, 2.45) is 0 Å². The number of rotatable bonds is 4. The number of benzene rings is 2. The summed E-state index contributed by atoms with van der Waals surface area (Å²) in [6, 6.07) is 12.0. The Morgan fingerprint density at radius 1 is 1.26 bits per heavy atom. The zero-order valence-electron chi connectivity index (χ0n) is 12.3. The third-order valence-electron chi connectivity index (χ3n) is 3.55. The number of nitrogens with zero attached hydrogens (tertiary/aromatic N) is 3. The molecular formula is C16H14Cl2N4O. The van der Waals surface area contributed by atoms with Crippen LogP contribution < -0.4 is 5.32 Å². The fourth-order valence-electron chi connectivity index (χ4n) is 2.39. The number of carbonyl (C=O) groups excluding carboxylic acids is 1. The van der Waals surface area contributed by atoms with Crippen molar-refractivity contribution in [2.75, 3.05) is 5.32 Å². The molecule has 1 atom stereocenters. The second kappa shape index (κ2) is 6.56. The Kier molecular flexibility index (Phi) is 4.50. The van der Waals surface area contributed by atoms with Gasteiger partial charge in [0, 0.05) is 5.02 Å². The van der Waals surface area contributed by atoms with Crippen LogP contribution in [0.1, 0.15) is 19.4 Å². The van der Waals surface area contributed by atoms with Crippen molar-refractivity contribution in [3.8, 4) is 0 Å². The first-order valence-corrected chi connectivity index (χ1v) is 7.91. The van der Waals surface area contributed by atoms with Crippen LogP contribution in [0.5, 0.6) is 0 Å². The van der Waals surface area contributed by atoms with Crippen molar-refractivity contribution in [3.63, 3.8) is 0 Å². The molecule has 3 aromatic rings. The molecule has 1 N–H and O–H groups in total. The lowest BCUT2D eigenvalue weighted by atomic mass is 10.2. The lowest BCUT2D eigenvalue weighted by Crippen LogP contribution is -2.26. The molecule has 0 saturated carbocycles. The second-order valence-electron chi connectivity index (χ2n) is 5.06. The third-order valence-corrected chi connectivity index (χ3v) is 4.10. The number of hydrogen-bond acceptors (Lipinski definition) is 3. The Balaban J connectivity index is 1.90. The van der Waals surface area contributed by atoms with Gasteiger partial charge in [0.05, 0.1) is 16.2 Å². The Bertz CT molecular complexity index is 862. The number of anilines is 1. The molecule has 0 aliphatic rings. The van der Waals surface area contributed by atoms with E-state index >= 15 is 0 Å². The van der Waals surface area contributed by atoms with E-state index in [9.17, 15) is 4.79 Å². The molecule has 3 rings (SSSR count). The van der Waals surface area contributed by atoms with Gasteiger partial charge in [0.15, 0.2) is 0 Å². The van der Waals surface area contributed by atoms with Gasteiger partial charge in [-0.05, 0) is 36.8 Å². The van der Waals surface area contributed by atoms with Crippen LogP contribution in [0, 0.1) is 0 Å². The zero-order valence-corrected chi connectivity index (χ0v) is 13.8. The minimum Gasteiger partial charge on any atom is -0.323 e. The highest BCUT2D eigenvalue weighted by molar-refractivity contribution is 6.36. The number of aromatic nitrogens is 3. The third kappa shape index (κ3) is 3.16. The van der Waals surface area contributed by atoms with Gasteiger partial charge in [-0.15, -0.1) is 5.10 Å². The molecule has 1 aromatic heterocycles. The lowest BCUT2D eigenvalue weighted by Gasteiger charge is -2.16. The van der Waals surface area contributed by atoms with Crippen LogP contribution in [0.15, 0.2) is 42.5 Å². The lowest BCUT2D eigenvalue weighted by molar-refractivity contribution is -0.119. The Morgan fingerprint density at radius 2 is 2.04 bits per heavy atom. The first-order chi connectivity index (χ1) is 11.1. The average Bonchev–Trinajstić information content (AvgIpc) is 2.95. The van der Waals surface area contributed by atoms with Crippen molar-refractivity contribution in [2.45, 2.75) is 19.4 Å². The highest BCUT2D eigenvalue weighted by atomic mass is 35.5. The maximum Gasteiger partial charge on any atom is 0.249 e. The van der Waals surface area contributed by atoms with Gasteiger partial charge >= 0.3 is 0 Å². The summed E-state index contributed by atoms with van der Waals surface area (Å²) in [5.74, 6) is -0.202. The molecule has 1 amide bonds. The van der Waals surface area contributed by atoms with E-state index in [0.29, 0.717) is 22.2 Å². The predicted octanol–water partition coefficient (Wildman–Crippen LogP) is 4.33. The molecule has 23 heavy (non-hydrogen) atoms. The van der Waals surface area contributed by atoms with Crippen LogP contribution in [-0.4, -0.2) is 20.9 Å². The highest BCUT2D eigenvalue weighted by Crippen LogP contribution is 2.27.